The molecular formula is C36H29FN6O4. The van der Waals surface area contributed by atoms with E-state index in [0.29, 0.717) is 22.8 Å². The van der Waals surface area contributed by atoms with Gasteiger partial charge in [0.15, 0.2) is 0 Å². The zero-order chi connectivity index (χ0) is 32.2. The predicted molar refractivity (Wildman–Crippen MR) is 170 cm³/mol. The number of rotatable bonds is 2. The number of ether oxygens (including phenoxy) is 2. The van der Waals surface area contributed by atoms with Crippen LogP contribution in [0.15, 0.2) is 79.6 Å². The molecule has 4 atom stereocenters. The molecule has 0 radical (unpaired) electrons. The van der Waals surface area contributed by atoms with E-state index in [2.05, 4.69) is 43.6 Å². The van der Waals surface area contributed by atoms with E-state index in [9.17, 15) is 14.0 Å². The van der Waals surface area contributed by atoms with Crippen molar-refractivity contribution in [3.8, 4) is 23.7 Å². The van der Waals surface area contributed by atoms with Crippen molar-refractivity contribution >= 4 is 23.8 Å². The lowest BCUT2D eigenvalue weighted by molar-refractivity contribution is 0.137. The number of hydrogen-bond donors (Lipinski definition) is 0. The molecule has 2 saturated heterocycles. The average molecular weight is 629 g/mol. The number of halogens is 1. The summed E-state index contributed by atoms with van der Waals surface area (Å²) >= 11 is 0. The minimum Gasteiger partial charge on any atom is -0.444 e. The Bertz CT molecular complexity index is 1900. The zero-order valence-corrected chi connectivity index (χ0v) is 25.3. The summed E-state index contributed by atoms with van der Waals surface area (Å²) in [7, 11) is 0. The second-order valence-corrected chi connectivity index (χ2v) is 11.5. The van der Waals surface area contributed by atoms with Crippen LogP contribution in [0.1, 0.15) is 60.8 Å². The first-order chi connectivity index (χ1) is 23.0. The third-order valence-corrected chi connectivity index (χ3v) is 8.45. The first-order valence-corrected chi connectivity index (χ1v) is 15.5. The Morgan fingerprint density at radius 2 is 1.17 bits per heavy atom. The molecule has 47 heavy (non-hydrogen) atoms. The summed E-state index contributed by atoms with van der Waals surface area (Å²) in [5.74, 6) is 12.6. The Morgan fingerprint density at radius 3 is 1.66 bits per heavy atom. The number of aromatic nitrogens is 4. The molecule has 4 aliphatic rings. The van der Waals surface area contributed by atoms with Crippen LogP contribution >= 0.6 is 0 Å². The molecule has 10 nitrogen and oxygen atoms in total. The van der Waals surface area contributed by atoms with Crippen molar-refractivity contribution in [2.45, 2.75) is 62.8 Å². The second-order valence-electron chi connectivity index (χ2n) is 11.5. The highest BCUT2D eigenvalue weighted by Gasteiger charge is 2.46. The molecule has 4 aromatic rings. The lowest BCUT2D eigenvalue weighted by Crippen LogP contribution is -2.34. The molecule has 2 aliphatic heterocycles. The van der Waals surface area contributed by atoms with Gasteiger partial charge in [0.05, 0.1) is 18.3 Å². The van der Waals surface area contributed by atoms with Crippen LogP contribution in [0.5, 0.6) is 0 Å². The van der Waals surface area contributed by atoms with Gasteiger partial charge in [-0.2, -0.15) is 0 Å². The van der Waals surface area contributed by atoms with Crippen LogP contribution in [-0.2, 0) is 9.47 Å². The lowest BCUT2D eigenvalue weighted by atomic mass is 10.2. The maximum absolute atomic E-state index is 13.1. The number of nitrogens with zero attached hydrogens (tertiary/aromatic N) is 6. The van der Waals surface area contributed by atoms with Crippen molar-refractivity contribution in [1.29, 1.82) is 0 Å². The molecule has 4 fully saturated rings. The van der Waals surface area contributed by atoms with Crippen LogP contribution in [0, 0.1) is 29.5 Å². The second kappa shape index (κ2) is 13.3. The SMILES string of the molecule is O=C1OC2CCCC2N1c1ccc(C#Cc2cccnc2)cn1.O=C1OC2CCCC2N1c1ccc(C#Cc2cncc(F)c2)cn1. The van der Waals surface area contributed by atoms with Crippen LogP contribution in [0.2, 0.25) is 0 Å². The maximum Gasteiger partial charge on any atom is 0.416 e. The molecule has 4 aromatic heterocycles. The molecule has 6 heterocycles. The molecular weight excluding hydrogens is 599 g/mol. The highest BCUT2D eigenvalue weighted by Crippen LogP contribution is 2.36. The van der Waals surface area contributed by atoms with Crippen molar-refractivity contribution in [3.63, 3.8) is 0 Å². The Balaban J connectivity index is 0.000000150. The molecule has 2 saturated carbocycles. The fourth-order valence-corrected chi connectivity index (χ4v) is 6.26. The molecule has 2 aliphatic carbocycles. The molecule has 234 valence electrons. The fraction of sp³-hybridized carbons (Fsp3) is 0.278. The van der Waals surface area contributed by atoms with Gasteiger partial charge in [-0.1, -0.05) is 23.7 Å². The number of carbonyl (C=O) groups is 2. The van der Waals surface area contributed by atoms with E-state index in [0.717, 1.165) is 55.8 Å². The standard InChI is InChI=1S/C18H14FN3O2.C18H15N3O2/c19-14-8-13(9-20-11-14)5-4-12-6-7-17(21-10-12)22-15-2-1-3-16(15)24-18(22)23;22-18-21(15-4-1-5-16(15)23-18)17-9-8-14(12-20-17)7-6-13-3-2-10-19-11-13/h6-11,15-16H,1-3H2;2-3,8-12,15-16H,1,4-5H2. The van der Waals surface area contributed by atoms with Gasteiger partial charge in [-0.05, 0) is 81.0 Å². The monoisotopic (exact) mass is 628 g/mol. The Hall–Kier alpha value is -5.81. The smallest absolute Gasteiger partial charge is 0.416 e. The van der Waals surface area contributed by atoms with Crippen LogP contribution in [0.25, 0.3) is 0 Å². The van der Waals surface area contributed by atoms with Crippen molar-refractivity contribution in [1.82, 2.24) is 19.9 Å². The van der Waals surface area contributed by atoms with Crippen LogP contribution in [0.3, 0.4) is 0 Å². The number of carbonyl (C=O) groups excluding carboxylic acids is 2. The molecule has 0 spiro atoms. The first-order valence-electron chi connectivity index (χ1n) is 15.5. The highest BCUT2D eigenvalue weighted by molar-refractivity contribution is 5.90. The average Bonchev–Trinajstić information content (AvgIpc) is 3.86. The summed E-state index contributed by atoms with van der Waals surface area (Å²) in [5, 5.41) is 0. The van der Waals surface area contributed by atoms with Gasteiger partial charge >= 0.3 is 12.2 Å². The number of pyridine rings is 4. The van der Waals surface area contributed by atoms with E-state index in [-0.39, 0.29) is 36.5 Å². The van der Waals surface area contributed by atoms with E-state index >= 15 is 0 Å². The van der Waals surface area contributed by atoms with E-state index < -0.39 is 5.82 Å². The lowest BCUT2D eigenvalue weighted by Gasteiger charge is -2.18. The van der Waals surface area contributed by atoms with Gasteiger partial charge in [0, 0.05) is 53.2 Å². The van der Waals surface area contributed by atoms with E-state index in [4.69, 9.17) is 9.47 Å². The van der Waals surface area contributed by atoms with Crippen molar-refractivity contribution < 1.29 is 23.5 Å². The van der Waals surface area contributed by atoms with Crippen molar-refractivity contribution in [2.75, 3.05) is 9.80 Å². The van der Waals surface area contributed by atoms with E-state index in [1.807, 2.05) is 24.3 Å². The van der Waals surface area contributed by atoms with Crippen LogP contribution in [-0.4, -0.2) is 56.4 Å². The highest BCUT2D eigenvalue weighted by atomic mass is 19.1. The summed E-state index contributed by atoms with van der Waals surface area (Å²) in [6, 6.07) is 12.5. The molecule has 2 amide bonds. The maximum atomic E-state index is 13.1. The molecule has 8 rings (SSSR count). The Morgan fingerprint density at radius 1 is 0.638 bits per heavy atom. The van der Waals surface area contributed by atoms with E-state index in [1.165, 1.54) is 12.3 Å². The van der Waals surface area contributed by atoms with Crippen molar-refractivity contribution in [3.05, 3.63) is 108 Å². The first kappa shape index (κ1) is 29.9. The Kier molecular flexibility index (Phi) is 8.44. The summed E-state index contributed by atoms with van der Waals surface area (Å²) in [6.07, 6.45) is 14.7. The zero-order valence-electron chi connectivity index (χ0n) is 25.3. The van der Waals surface area contributed by atoms with Crippen molar-refractivity contribution in [2.24, 2.45) is 0 Å². The Labute approximate surface area is 271 Å². The normalized spacial score (nSPS) is 22.1. The van der Waals surface area contributed by atoms with Gasteiger partial charge < -0.3 is 9.47 Å². The van der Waals surface area contributed by atoms with Gasteiger partial charge in [-0.25, -0.2) is 23.9 Å². The van der Waals surface area contributed by atoms with Gasteiger partial charge in [-0.3, -0.25) is 19.8 Å². The van der Waals surface area contributed by atoms with Crippen LogP contribution < -0.4 is 9.80 Å². The largest absolute Gasteiger partial charge is 0.444 e. The number of anilines is 2. The number of amides is 2. The fourth-order valence-electron chi connectivity index (χ4n) is 6.26. The third kappa shape index (κ3) is 6.61. The predicted octanol–water partition coefficient (Wildman–Crippen LogP) is 5.65. The molecule has 0 aromatic carbocycles. The summed E-state index contributed by atoms with van der Waals surface area (Å²) < 4.78 is 23.8. The van der Waals surface area contributed by atoms with Gasteiger partial charge in [-0.15, -0.1) is 0 Å². The molecule has 11 heteroatoms. The molecule has 0 bridgehead atoms. The van der Waals surface area contributed by atoms with Gasteiger partial charge in [0.2, 0.25) is 0 Å². The summed E-state index contributed by atoms with van der Waals surface area (Å²) in [4.78, 5) is 43.8. The van der Waals surface area contributed by atoms with E-state index in [1.54, 1.807) is 46.7 Å². The quantitative estimate of drug-likeness (QED) is 0.262. The summed E-state index contributed by atoms with van der Waals surface area (Å²) in [5.41, 5.74) is 2.83. The molecule has 4 unspecified atom stereocenters. The van der Waals surface area contributed by atoms with Crippen LogP contribution in [0.4, 0.5) is 25.6 Å². The minimum absolute atomic E-state index is 0.0146. The summed E-state index contributed by atoms with van der Waals surface area (Å²) in [6.45, 7) is 0. The molecule has 0 N–H and O–H groups in total. The van der Waals surface area contributed by atoms with Gasteiger partial charge in [0.1, 0.15) is 29.7 Å². The van der Waals surface area contributed by atoms with Gasteiger partial charge in [0.25, 0.3) is 0 Å². The number of hydrogen-bond acceptors (Lipinski definition) is 8. The minimum atomic E-state index is -0.422. The number of fused-ring (bicyclic) bond motifs is 2. The third-order valence-electron chi connectivity index (χ3n) is 8.45. The topological polar surface area (TPSA) is 111 Å².